The Morgan fingerprint density at radius 1 is 1.28 bits per heavy atom. The SMILES string of the molecule is Cc1cc2cccc(NC(=O)c3cccs3)c2[nH]1. The topological polar surface area (TPSA) is 44.9 Å². The number of benzene rings is 1. The van der Waals surface area contributed by atoms with E-state index in [2.05, 4.69) is 16.4 Å². The number of hydrogen-bond acceptors (Lipinski definition) is 2. The number of H-pyrrole nitrogens is 1. The maximum absolute atomic E-state index is 12.0. The quantitative estimate of drug-likeness (QED) is 0.720. The van der Waals surface area contributed by atoms with Gasteiger partial charge in [0.25, 0.3) is 5.91 Å². The Labute approximate surface area is 108 Å². The van der Waals surface area contributed by atoms with E-state index in [0.29, 0.717) is 0 Å². The van der Waals surface area contributed by atoms with Crippen molar-refractivity contribution < 1.29 is 4.79 Å². The summed E-state index contributed by atoms with van der Waals surface area (Å²) in [6.07, 6.45) is 0. The summed E-state index contributed by atoms with van der Waals surface area (Å²) in [7, 11) is 0. The van der Waals surface area contributed by atoms with Crippen molar-refractivity contribution in [3.05, 3.63) is 52.3 Å². The van der Waals surface area contributed by atoms with Gasteiger partial charge in [0.1, 0.15) is 0 Å². The van der Waals surface area contributed by atoms with Gasteiger partial charge in [-0.1, -0.05) is 18.2 Å². The number of thiophene rings is 1. The second-order valence-electron chi connectivity index (χ2n) is 4.15. The highest BCUT2D eigenvalue weighted by molar-refractivity contribution is 7.12. The number of aromatic nitrogens is 1. The zero-order chi connectivity index (χ0) is 12.5. The molecule has 0 fully saturated rings. The summed E-state index contributed by atoms with van der Waals surface area (Å²) in [4.78, 5) is 16.0. The van der Waals surface area contributed by atoms with E-state index in [1.54, 1.807) is 0 Å². The number of rotatable bonds is 2. The highest BCUT2D eigenvalue weighted by atomic mass is 32.1. The van der Waals surface area contributed by atoms with Crippen LogP contribution in [0.25, 0.3) is 10.9 Å². The van der Waals surface area contributed by atoms with Gasteiger partial charge in [-0.3, -0.25) is 4.79 Å². The molecule has 0 aliphatic heterocycles. The van der Waals surface area contributed by atoms with Crippen LogP contribution in [0.1, 0.15) is 15.4 Å². The first-order valence-corrected chi connectivity index (χ1v) is 6.55. The third kappa shape index (κ3) is 1.91. The second-order valence-corrected chi connectivity index (χ2v) is 5.10. The van der Waals surface area contributed by atoms with Crippen molar-refractivity contribution in [2.75, 3.05) is 5.32 Å². The number of nitrogens with one attached hydrogen (secondary N) is 2. The normalized spacial score (nSPS) is 10.7. The standard InChI is InChI=1S/C14H12N2OS/c1-9-8-10-4-2-5-11(13(10)15-9)16-14(17)12-6-3-7-18-12/h2-8,15H,1H3,(H,16,17). The fourth-order valence-corrected chi connectivity index (χ4v) is 2.61. The summed E-state index contributed by atoms with van der Waals surface area (Å²) in [6.45, 7) is 2.00. The Morgan fingerprint density at radius 2 is 2.17 bits per heavy atom. The highest BCUT2D eigenvalue weighted by Crippen LogP contribution is 2.24. The molecule has 2 N–H and O–H groups in total. The summed E-state index contributed by atoms with van der Waals surface area (Å²) in [6, 6.07) is 11.6. The Balaban J connectivity index is 1.97. The van der Waals surface area contributed by atoms with Crippen molar-refractivity contribution in [3.63, 3.8) is 0 Å². The number of fused-ring (bicyclic) bond motifs is 1. The van der Waals surface area contributed by atoms with E-state index in [1.807, 2.05) is 42.6 Å². The summed E-state index contributed by atoms with van der Waals surface area (Å²) in [5.41, 5.74) is 2.88. The number of anilines is 1. The van der Waals surface area contributed by atoms with E-state index in [9.17, 15) is 4.79 Å². The molecule has 0 unspecified atom stereocenters. The molecular formula is C14H12N2OS. The van der Waals surface area contributed by atoms with Gasteiger partial charge in [-0.25, -0.2) is 0 Å². The van der Waals surface area contributed by atoms with E-state index in [4.69, 9.17) is 0 Å². The molecule has 0 bridgehead atoms. The van der Waals surface area contributed by atoms with Crippen LogP contribution in [0.15, 0.2) is 41.8 Å². The van der Waals surface area contributed by atoms with E-state index >= 15 is 0 Å². The first-order chi connectivity index (χ1) is 8.74. The molecule has 1 amide bonds. The van der Waals surface area contributed by atoms with Gasteiger partial charge < -0.3 is 10.3 Å². The minimum Gasteiger partial charge on any atom is -0.357 e. The van der Waals surface area contributed by atoms with Crippen LogP contribution in [0.4, 0.5) is 5.69 Å². The van der Waals surface area contributed by atoms with Crippen molar-refractivity contribution in [1.82, 2.24) is 4.98 Å². The molecule has 0 radical (unpaired) electrons. The van der Waals surface area contributed by atoms with Gasteiger partial charge in [-0.15, -0.1) is 11.3 Å². The lowest BCUT2D eigenvalue weighted by Gasteiger charge is -2.04. The lowest BCUT2D eigenvalue weighted by Crippen LogP contribution is -2.10. The maximum Gasteiger partial charge on any atom is 0.265 e. The summed E-state index contributed by atoms with van der Waals surface area (Å²) >= 11 is 1.44. The smallest absolute Gasteiger partial charge is 0.265 e. The van der Waals surface area contributed by atoms with Crippen molar-refractivity contribution in [1.29, 1.82) is 0 Å². The van der Waals surface area contributed by atoms with Crippen LogP contribution in [0.5, 0.6) is 0 Å². The van der Waals surface area contributed by atoms with Gasteiger partial charge in [-0.2, -0.15) is 0 Å². The van der Waals surface area contributed by atoms with Crippen LogP contribution in [0, 0.1) is 6.92 Å². The first-order valence-electron chi connectivity index (χ1n) is 5.67. The van der Waals surface area contributed by atoms with Gasteiger partial charge in [0.2, 0.25) is 0 Å². The van der Waals surface area contributed by atoms with Crippen LogP contribution in [0.3, 0.4) is 0 Å². The van der Waals surface area contributed by atoms with Crippen LogP contribution < -0.4 is 5.32 Å². The average molecular weight is 256 g/mol. The molecule has 0 saturated heterocycles. The zero-order valence-electron chi connectivity index (χ0n) is 9.86. The van der Waals surface area contributed by atoms with Gasteiger partial charge in [-0.05, 0) is 30.5 Å². The number of carbonyl (C=O) groups is 1. The van der Waals surface area contributed by atoms with Crippen LogP contribution in [0.2, 0.25) is 0 Å². The molecule has 3 nitrogen and oxygen atoms in total. The van der Waals surface area contributed by atoms with Gasteiger partial charge in [0, 0.05) is 11.1 Å². The first kappa shape index (κ1) is 11.0. The molecule has 4 heteroatoms. The minimum atomic E-state index is -0.0650. The summed E-state index contributed by atoms with van der Waals surface area (Å²) in [5.74, 6) is -0.0650. The molecule has 0 aliphatic rings. The maximum atomic E-state index is 12.0. The van der Waals surface area contributed by atoms with E-state index in [1.165, 1.54) is 11.3 Å². The van der Waals surface area contributed by atoms with E-state index in [0.717, 1.165) is 27.2 Å². The Morgan fingerprint density at radius 3 is 2.94 bits per heavy atom. The van der Waals surface area contributed by atoms with Crippen molar-refractivity contribution in [2.45, 2.75) is 6.92 Å². The number of aryl methyl sites for hydroxylation is 1. The molecule has 2 aromatic heterocycles. The van der Waals surface area contributed by atoms with E-state index in [-0.39, 0.29) is 5.91 Å². The lowest BCUT2D eigenvalue weighted by molar-refractivity contribution is 0.103. The third-order valence-electron chi connectivity index (χ3n) is 2.78. The number of carbonyl (C=O) groups excluding carboxylic acids is 1. The summed E-state index contributed by atoms with van der Waals surface area (Å²) in [5, 5.41) is 5.95. The fraction of sp³-hybridized carbons (Fsp3) is 0.0714. The van der Waals surface area contributed by atoms with Gasteiger partial charge in [0.05, 0.1) is 16.1 Å². The predicted molar refractivity (Wildman–Crippen MR) is 75.3 cm³/mol. The molecule has 1 aromatic carbocycles. The molecule has 18 heavy (non-hydrogen) atoms. The van der Waals surface area contributed by atoms with Crippen LogP contribution in [-0.2, 0) is 0 Å². The van der Waals surface area contributed by atoms with Crippen molar-refractivity contribution in [3.8, 4) is 0 Å². The Bertz CT molecular complexity index is 698. The number of aromatic amines is 1. The fourth-order valence-electron chi connectivity index (χ4n) is 1.99. The minimum absolute atomic E-state index is 0.0650. The van der Waals surface area contributed by atoms with Crippen molar-refractivity contribution >= 4 is 33.8 Å². The molecule has 0 atom stereocenters. The number of hydrogen-bond donors (Lipinski definition) is 2. The Hall–Kier alpha value is -2.07. The monoisotopic (exact) mass is 256 g/mol. The van der Waals surface area contributed by atoms with Crippen LogP contribution >= 0.6 is 11.3 Å². The third-order valence-corrected chi connectivity index (χ3v) is 3.65. The molecule has 0 saturated carbocycles. The van der Waals surface area contributed by atoms with E-state index < -0.39 is 0 Å². The molecule has 90 valence electrons. The second kappa shape index (κ2) is 4.31. The summed E-state index contributed by atoms with van der Waals surface area (Å²) < 4.78 is 0. The number of amides is 1. The molecular weight excluding hydrogens is 244 g/mol. The zero-order valence-corrected chi connectivity index (χ0v) is 10.7. The van der Waals surface area contributed by atoms with Gasteiger partial charge in [0.15, 0.2) is 0 Å². The Kier molecular flexibility index (Phi) is 2.64. The molecule has 2 heterocycles. The molecule has 0 aliphatic carbocycles. The number of para-hydroxylation sites is 1. The van der Waals surface area contributed by atoms with Crippen LogP contribution in [-0.4, -0.2) is 10.9 Å². The largest absolute Gasteiger partial charge is 0.357 e. The average Bonchev–Trinajstić information content (AvgIpc) is 2.96. The predicted octanol–water partition coefficient (Wildman–Crippen LogP) is 3.79. The van der Waals surface area contributed by atoms with Crippen molar-refractivity contribution in [2.24, 2.45) is 0 Å². The molecule has 3 rings (SSSR count). The molecule has 0 spiro atoms. The van der Waals surface area contributed by atoms with Gasteiger partial charge >= 0.3 is 0 Å². The molecule has 3 aromatic rings. The highest BCUT2D eigenvalue weighted by Gasteiger charge is 2.09. The lowest BCUT2D eigenvalue weighted by atomic mass is 10.2.